The van der Waals surface area contributed by atoms with Gasteiger partial charge in [0.25, 0.3) is 0 Å². The number of carbonyl (C=O) groups excluding carboxylic acids is 1. The summed E-state index contributed by atoms with van der Waals surface area (Å²) in [6, 6.07) is 2.70. The molecule has 1 N–H and O–H groups in total. The first kappa shape index (κ1) is 14.4. The highest BCUT2D eigenvalue weighted by atomic mass is 16.5. The Bertz CT molecular complexity index is 415. The number of H-pyrrole nitrogens is 1. The van der Waals surface area contributed by atoms with Gasteiger partial charge in [0.1, 0.15) is 0 Å². The van der Waals surface area contributed by atoms with E-state index in [-0.39, 0.29) is 17.7 Å². The molecular weight excluding hydrogens is 238 g/mol. The van der Waals surface area contributed by atoms with E-state index in [4.69, 9.17) is 14.2 Å². The van der Waals surface area contributed by atoms with Gasteiger partial charge in [0.05, 0.1) is 25.4 Å². The maximum absolute atomic E-state index is 11.5. The van der Waals surface area contributed by atoms with Crippen LogP contribution in [0.2, 0.25) is 0 Å². The summed E-state index contributed by atoms with van der Waals surface area (Å²) in [5, 5.41) is 0. The number of hydrogen-bond acceptors (Lipinski definition) is 5. The Labute approximate surface area is 105 Å². The van der Waals surface area contributed by atoms with Crippen LogP contribution in [-0.2, 0) is 14.2 Å². The van der Waals surface area contributed by atoms with Gasteiger partial charge in [-0.2, -0.15) is 0 Å². The number of aromatic nitrogens is 1. The number of aromatic amines is 1. The van der Waals surface area contributed by atoms with Crippen LogP contribution in [0.5, 0.6) is 0 Å². The van der Waals surface area contributed by atoms with Crippen molar-refractivity contribution in [2.24, 2.45) is 0 Å². The smallest absolute Gasteiger partial charge is 0.338 e. The summed E-state index contributed by atoms with van der Waals surface area (Å²) in [4.78, 5) is 24.9. The molecule has 0 saturated carbocycles. The van der Waals surface area contributed by atoms with E-state index in [9.17, 15) is 9.59 Å². The summed E-state index contributed by atoms with van der Waals surface area (Å²) in [5.41, 5.74) is -0.0774. The average molecular weight is 255 g/mol. The molecule has 100 valence electrons. The SMILES string of the molecule is COCCOCCCOC(=O)c1cc[nH]c(=O)c1. The van der Waals surface area contributed by atoms with Gasteiger partial charge in [0.2, 0.25) is 5.56 Å². The van der Waals surface area contributed by atoms with Crippen molar-refractivity contribution in [2.75, 3.05) is 33.5 Å². The third kappa shape index (κ3) is 5.60. The fourth-order valence-corrected chi connectivity index (χ4v) is 1.23. The monoisotopic (exact) mass is 255 g/mol. The van der Waals surface area contributed by atoms with Crippen molar-refractivity contribution in [3.63, 3.8) is 0 Å². The molecule has 0 aromatic carbocycles. The number of ether oxygens (including phenoxy) is 3. The Morgan fingerprint density at radius 3 is 2.83 bits per heavy atom. The summed E-state index contributed by atoms with van der Waals surface area (Å²) in [6.45, 7) is 1.84. The van der Waals surface area contributed by atoms with Crippen molar-refractivity contribution in [3.8, 4) is 0 Å². The van der Waals surface area contributed by atoms with E-state index in [1.54, 1.807) is 7.11 Å². The molecule has 1 aromatic heterocycles. The van der Waals surface area contributed by atoms with Crippen molar-refractivity contribution in [2.45, 2.75) is 6.42 Å². The number of carbonyl (C=O) groups is 1. The quantitative estimate of drug-likeness (QED) is 0.543. The van der Waals surface area contributed by atoms with Gasteiger partial charge in [-0.25, -0.2) is 4.79 Å². The number of methoxy groups -OCH3 is 1. The first-order chi connectivity index (χ1) is 8.74. The predicted octanol–water partition coefficient (Wildman–Crippen LogP) is 0.585. The third-order valence-electron chi connectivity index (χ3n) is 2.11. The molecule has 1 rings (SSSR count). The maximum Gasteiger partial charge on any atom is 0.338 e. The van der Waals surface area contributed by atoms with Crippen LogP contribution >= 0.6 is 0 Å². The molecule has 0 saturated heterocycles. The summed E-state index contributed by atoms with van der Waals surface area (Å²) in [6.07, 6.45) is 2.02. The molecule has 0 bridgehead atoms. The molecule has 0 spiro atoms. The fraction of sp³-hybridized carbons (Fsp3) is 0.500. The average Bonchev–Trinajstić information content (AvgIpc) is 2.37. The molecule has 0 aliphatic heterocycles. The minimum atomic E-state index is -0.502. The lowest BCUT2D eigenvalue weighted by atomic mass is 10.3. The van der Waals surface area contributed by atoms with Crippen LogP contribution < -0.4 is 5.56 Å². The second kappa shape index (κ2) is 8.43. The molecule has 0 aliphatic rings. The molecule has 18 heavy (non-hydrogen) atoms. The van der Waals surface area contributed by atoms with Crippen LogP contribution in [0.1, 0.15) is 16.8 Å². The van der Waals surface area contributed by atoms with Gasteiger partial charge in [0, 0.05) is 32.4 Å². The molecule has 1 aromatic rings. The normalized spacial score (nSPS) is 10.3. The highest BCUT2D eigenvalue weighted by molar-refractivity contribution is 5.89. The van der Waals surface area contributed by atoms with Crippen LogP contribution in [0.15, 0.2) is 23.1 Å². The van der Waals surface area contributed by atoms with Crippen molar-refractivity contribution >= 4 is 5.97 Å². The molecule has 1 heterocycles. The van der Waals surface area contributed by atoms with Crippen LogP contribution in [-0.4, -0.2) is 44.5 Å². The lowest BCUT2D eigenvalue weighted by molar-refractivity contribution is 0.0385. The standard InChI is InChI=1S/C12H17NO5/c1-16-7-8-17-5-2-6-18-12(15)10-3-4-13-11(14)9-10/h3-4,9H,2,5-8H2,1H3,(H,13,14). The lowest BCUT2D eigenvalue weighted by Crippen LogP contribution is -2.13. The first-order valence-corrected chi connectivity index (χ1v) is 5.66. The van der Waals surface area contributed by atoms with Crippen LogP contribution in [0.4, 0.5) is 0 Å². The Morgan fingerprint density at radius 2 is 2.11 bits per heavy atom. The molecule has 0 unspecified atom stereocenters. The van der Waals surface area contributed by atoms with E-state index >= 15 is 0 Å². The number of hydrogen-bond donors (Lipinski definition) is 1. The van der Waals surface area contributed by atoms with Gasteiger partial charge < -0.3 is 19.2 Å². The Morgan fingerprint density at radius 1 is 1.28 bits per heavy atom. The zero-order valence-electron chi connectivity index (χ0n) is 10.3. The predicted molar refractivity (Wildman–Crippen MR) is 64.7 cm³/mol. The Kier molecular flexibility index (Phi) is 6.75. The van der Waals surface area contributed by atoms with Gasteiger partial charge in [-0.05, 0) is 6.07 Å². The van der Waals surface area contributed by atoms with E-state index in [1.165, 1.54) is 18.3 Å². The molecule has 0 aliphatic carbocycles. The van der Waals surface area contributed by atoms with Crippen molar-refractivity contribution in [3.05, 3.63) is 34.2 Å². The van der Waals surface area contributed by atoms with Crippen molar-refractivity contribution in [1.29, 1.82) is 0 Å². The van der Waals surface area contributed by atoms with Crippen LogP contribution in [0.25, 0.3) is 0 Å². The summed E-state index contributed by atoms with van der Waals surface area (Å²) >= 11 is 0. The summed E-state index contributed by atoms with van der Waals surface area (Å²) in [7, 11) is 1.60. The molecule has 0 atom stereocenters. The van der Waals surface area contributed by atoms with Crippen molar-refractivity contribution in [1.82, 2.24) is 4.98 Å². The Balaban J connectivity index is 2.16. The Hall–Kier alpha value is -1.66. The molecule has 0 fully saturated rings. The second-order valence-electron chi connectivity index (χ2n) is 3.54. The molecule has 6 heteroatoms. The third-order valence-corrected chi connectivity index (χ3v) is 2.11. The fourth-order valence-electron chi connectivity index (χ4n) is 1.23. The minimum Gasteiger partial charge on any atom is -0.462 e. The first-order valence-electron chi connectivity index (χ1n) is 5.66. The van der Waals surface area contributed by atoms with Crippen LogP contribution in [0.3, 0.4) is 0 Å². The molecule has 0 radical (unpaired) electrons. The van der Waals surface area contributed by atoms with E-state index in [0.717, 1.165) is 0 Å². The minimum absolute atomic E-state index is 0.249. The summed E-state index contributed by atoms with van der Waals surface area (Å²) < 4.78 is 15.0. The van der Waals surface area contributed by atoms with Gasteiger partial charge in [-0.1, -0.05) is 0 Å². The van der Waals surface area contributed by atoms with E-state index in [0.29, 0.717) is 26.2 Å². The molecule has 0 amide bonds. The number of pyridine rings is 1. The number of nitrogens with one attached hydrogen (secondary N) is 1. The number of rotatable bonds is 8. The topological polar surface area (TPSA) is 77.6 Å². The molecule has 6 nitrogen and oxygen atoms in total. The van der Waals surface area contributed by atoms with E-state index < -0.39 is 5.97 Å². The second-order valence-corrected chi connectivity index (χ2v) is 3.54. The zero-order valence-corrected chi connectivity index (χ0v) is 10.3. The van der Waals surface area contributed by atoms with Crippen molar-refractivity contribution < 1.29 is 19.0 Å². The van der Waals surface area contributed by atoms with Gasteiger partial charge in [-0.15, -0.1) is 0 Å². The zero-order chi connectivity index (χ0) is 13.2. The largest absolute Gasteiger partial charge is 0.462 e. The lowest BCUT2D eigenvalue weighted by Gasteiger charge is -2.05. The molecular formula is C12H17NO5. The van der Waals surface area contributed by atoms with E-state index in [2.05, 4.69) is 4.98 Å². The highest BCUT2D eigenvalue weighted by Gasteiger charge is 2.06. The summed E-state index contributed by atoms with van der Waals surface area (Å²) in [5.74, 6) is -0.502. The number of esters is 1. The highest BCUT2D eigenvalue weighted by Crippen LogP contribution is 1.97. The van der Waals surface area contributed by atoms with Gasteiger partial charge in [0.15, 0.2) is 0 Å². The van der Waals surface area contributed by atoms with Gasteiger partial charge in [-0.3, -0.25) is 4.79 Å². The van der Waals surface area contributed by atoms with E-state index in [1.807, 2.05) is 0 Å². The van der Waals surface area contributed by atoms with Crippen LogP contribution in [0, 0.1) is 0 Å². The van der Waals surface area contributed by atoms with Gasteiger partial charge >= 0.3 is 5.97 Å². The maximum atomic E-state index is 11.5.